The van der Waals surface area contributed by atoms with E-state index in [0.29, 0.717) is 13.0 Å². The number of benzene rings is 1. The lowest BCUT2D eigenvalue weighted by Gasteiger charge is -2.19. The highest BCUT2D eigenvalue weighted by Crippen LogP contribution is 2.26. The van der Waals surface area contributed by atoms with Crippen molar-refractivity contribution in [2.24, 2.45) is 0 Å². The van der Waals surface area contributed by atoms with Crippen molar-refractivity contribution in [1.29, 1.82) is 0 Å². The number of nitrogens with zero attached hydrogens (tertiary/aromatic N) is 2. The highest BCUT2D eigenvalue weighted by atomic mass is 32.1. The molecule has 0 bridgehead atoms. The minimum Gasteiger partial charge on any atom is -0.494 e. The average Bonchev–Trinajstić information content (AvgIpc) is 2.88. The molecule has 1 aliphatic heterocycles. The van der Waals surface area contributed by atoms with Gasteiger partial charge < -0.3 is 15.0 Å². The first-order chi connectivity index (χ1) is 11.8. The Balaban J connectivity index is 1.63. The van der Waals surface area contributed by atoms with Crippen molar-refractivity contribution in [1.82, 2.24) is 15.2 Å². The van der Waals surface area contributed by atoms with Crippen LogP contribution in [0.3, 0.4) is 0 Å². The minimum atomic E-state index is 0.169. The fourth-order valence-electron chi connectivity index (χ4n) is 2.74. The molecule has 5 nitrogen and oxygen atoms in total. The van der Waals surface area contributed by atoms with Gasteiger partial charge >= 0.3 is 0 Å². The van der Waals surface area contributed by atoms with Gasteiger partial charge in [0.1, 0.15) is 10.8 Å². The Bertz CT molecular complexity index is 661. The van der Waals surface area contributed by atoms with Crippen molar-refractivity contribution in [2.45, 2.75) is 19.8 Å². The third-order valence-electron chi connectivity index (χ3n) is 3.99. The Labute approximate surface area is 146 Å². The Hall–Kier alpha value is -1.92. The van der Waals surface area contributed by atoms with E-state index in [2.05, 4.69) is 10.3 Å². The molecule has 0 saturated carbocycles. The molecule has 1 aromatic heterocycles. The quantitative estimate of drug-likeness (QED) is 0.905. The molecular formula is C18H23N3O2S. The van der Waals surface area contributed by atoms with Crippen LogP contribution in [0.5, 0.6) is 5.75 Å². The zero-order chi connectivity index (χ0) is 16.8. The number of rotatable bonds is 5. The van der Waals surface area contributed by atoms with Crippen molar-refractivity contribution in [3.05, 3.63) is 35.3 Å². The second kappa shape index (κ2) is 8.26. The van der Waals surface area contributed by atoms with Gasteiger partial charge in [0, 0.05) is 30.6 Å². The smallest absolute Gasteiger partial charge is 0.228 e. The molecule has 0 unspecified atom stereocenters. The lowest BCUT2D eigenvalue weighted by Crippen LogP contribution is -2.35. The van der Waals surface area contributed by atoms with E-state index in [1.807, 2.05) is 41.5 Å². The first-order valence-corrected chi connectivity index (χ1v) is 9.30. The van der Waals surface area contributed by atoms with Crippen molar-refractivity contribution in [3.8, 4) is 16.3 Å². The molecule has 1 saturated heterocycles. The van der Waals surface area contributed by atoms with Crippen LogP contribution in [0, 0.1) is 0 Å². The van der Waals surface area contributed by atoms with Crippen LogP contribution in [0.2, 0.25) is 0 Å². The Morgan fingerprint density at radius 2 is 2.12 bits per heavy atom. The normalized spacial score (nSPS) is 15.1. The number of carbonyl (C=O) groups excluding carboxylic acids is 1. The van der Waals surface area contributed by atoms with Crippen molar-refractivity contribution >= 4 is 17.2 Å². The molecule has 0 atom stereocenters. The van der Waals surface area contributed by atoms with Gasteiger partial charge in [0.2, 0.25) is 5.91 Å². The Kier molecular flexibility index (Phi) is 5.82. The van der Waals surface area contributed by atoms with Gasteiger partial charge in [0.15, 0.2) is 0 Å². The molecule has 1 amide bonds. The molecule has 0 aliphatic carbocycles. The van der Waals surface area contributed by atoms with Crippen LogP contribution in [0.4, 0.5) is 0 Å². The molecule has 24 heavy (non-hydrogen) atoms. The molecule has 1 N–H and O–H groups in total. The molecule has 3 rings (SSSR count). The SMILES string of the molecule is CCOc1ccc(-c2nc(CC(=O)N3CCCNCC3)cs2)cc1. The summed E-state index contributed by atoms with van der Waals surface area (Å²) in [4.78, 5) is 19.0. The summed E-state index contributed by atoms with van der Waals surface area (Å²) in [5.41, 5.74) is 1.91. The molecule has 2 aromatic rings. The molecule has 0 spiro atoms. The van der Waals surface area contributed by atoms with E-state index < -0.39 is 0 Å². The number of hydrogen-bond acceptors (Lipinski definition) is 5. The molecule has 2 heterocycles. The zero-order valence-electron chi connectivity index (χ0n) is 14.0. The van der Waals surface area contributed by atoms with E-state index in [1.165, 1.54) is 0 Å². The van der Waals surface area contributed by atoms with Gasteiger partial charge in [-0.15, -0.1) is 11.3 Å². The Morgan fingerprint density at radius 1 is 1.29 bits per heavy atom. The van der Waals surface area contributed by atoms with Crippen LogP contribution in [0.1, 0.15) is 19.0 Å². The monoisotopic (exact) mass is 345 g/mol. The van der Waals surface area contributed by atoms with E-state index in [4.69, 9.17) is 4.74 Å². The summed E-state index contributed by atoms with van der Waals surface area (Å²) >= 11 is 1.58. The molecule has 1 fully saturated rings. The summed E-state index contributed by atoms with van der Waals surface area (Å²) in [6.07, 6.45) is 1.40. The van der Waals surface area contributed by atoms with Crippen LogP contribution in [-0.4, -0.2) is 48.6 Å². The third-order valence-corrected chi connectivity index (χ3v) is 4.93. The van der Waals surface area contributed by atoms with Crippen molar-refractivity contribution < 1.29 is 9.53 Å². The van der Waals surface area contributed by atoms with E-state index in [0.717, 1.165) is 54.6 Å². The topological polar surface area (TPSA) is 54.5 Å². The zero-order valence-corrected chi connectivity index (χ0v) is 14.8. The number of nitrogens with one attached hydrogen (secondary N) is 1. The maximum Gasteiger partial charge on any atom is 0.228 e. The maximum absolute atomic E-state index is 12.4. The maximum atomic E-state index is 12.4. The molecular weight excluding hydrogens is 322 g/mol. The lowest BCUT2D eigenvalue weighted by molar-refractivity contribution is -0.130. The predicted octanol–water partition coefficient (Wildman–Crippen LogP) is 2.57. The molecule has 6 heteroatoms. The van der Waals surface area contributed by atoms with Gasteiger partial charge in [0.05, 0.1) is 18.7 Å². The predicted molar refractivity (Wildman–Crippen MR) is 96.5 cm³/mol. The average molecular weight is 345 g/mol. The fourth-order valence-corrected chi connectivity index (χ4v) is 3.57. The van der Waals surface area contributed by atoms with Crippen LogP contribution < -0.4 is 10.1 Å². The summed E-state index contributed by atoms with van der Waals surface area (Å²) < 4.78 is 5.46. The van der Waals surface area contributed by atoms with Gasteiger partial charge in [-0.2, -0.15) is 0 Å². The number of carbonyl (C=O) groups is 1. The van der Waals surface area contributed by atoms with Gasteiger partial charge in [-0.3, -0.25) is 4.79 Å². The van der Waals surface area contributed by atoms with Crippen molar-refractivity contribution in [3.63, 3.8) is 0 Å². The van der Waals surface area contributed by atoms with E-state index in [9.17, 15) is 4.79 Å². The number of ether oxygens (including phenoxy) is 1. The summed E-state index contributed by atoms with van der Waals surface area (Å²) in [6, 6.07) is 7.93. The fraction of sp³-hybridized carbons (Fsp3) is 0.444. The van der Waals surface area contributed by atoms with Crippen LogP contribution in [0.25, 0.3) is 10.6 Å². The second-order valence-electron chi connectivity index (χ2n) is 5.76. The van der Waals surface area contributed by atoms with Gasteiger partial charge in [-0.1, -0.05) is 0 Å². The van der Waals surface area contributed by atoms with E-state index in [1.54, 1.807) is 11.3 Å². The van der Waals surface area contributed by atoms with Crippen LogP contribution >= 0.6 is 11.3 Å². The van der Waals surface area contributed by atoms with Gasteiger partial charge in [-0.25, -0.2) is 4.98 Å². The first-order valence-electron chi connectivity index (χ1n) is 8.42. The summed E-state index contributed by atoms with van der Waals surface area (Å²) in [7, 11) is 0. The number of amides is 1. The summed E-state index contributed by atoms with van der Waals surface area (Å²) in [5, 5.41) is 6.25. The van der Waals surface area contributed by atoms with Crippen LogP contribution in [-0.2, 0) is 11.2 Å². The summed E-state index contributed by atoms with van der Waals surface area (Å²) in [6.45, 7) is 6.12. The standard InChI is InChI=1S/C18H23N3O2S/c1-2-23-16-6-4-14(5-7-16)18-20-15(13-24-18)12-17(22)21-10-3-8-19-9-11-21/h4-7,13,19H,2-3,8-12H2,1H3. The number of thiazole rings is 1. The Morgan fingerprint density at radius 3 is 2.92 bits per heavy atom. The van der Waals surface area contributed by atoms with Gasteiger partial charge in [0.25, 0.3) is 0 Å². The number of hydrogen-bond donors (Lipinski definition) is 1. The van der Waals surface area contributed by atoms with Crippen LogP contribution in [0.15, 0.2) is 29.6 Å². The molecule has 1 aromatic carbocycles. The highest BCUT2D eigenvalue weighted by Gasteiger charge is 2.17. The van der Waals surface area contributed by atoms with E-state index in [-0.39, 0.29) is 5.91 Å². The largest absolute Gasteiger partial charge is 0.494 e. The number of aromatic nitrogens is 1. The lowest BCUT2D eigenvalue weighted by atomic mass is 10.2. The molecule has 1 aliphatic rings. The summed E-state index contributed by atoms with van der Waals surface area (Å²) in [5.74, 6) is 1.03. The van der Waals surface area contributed by atoms with Gasteiger partial charge in [-0.05, 0) is 44.2 Å². The third kappa shape index (κ3) is 4.33. The minimum absolute atomic E-state index is 0.169. The van der Waals surface area contributed by atoms with Crippen molar-refractivity contribution in [2.75, 3.05) is 32.8 Å². The highest BCUT2D eigenvalue weighted by molar-refractivity contribution is 7.13. The second-order valence-corrected chi connectivity index (χ2v) is 6.62. The molecule has 128 valence electrons. The van der Waals surface area contributed by atoms with E-state index >= 15 is 0 Å². The molecule has 0 radical (unpaired) electrons. The first kappa shape index (κ1) is 16.9.